The van der Waals surface area contributed by atoms with Gasteiger partial charge in [-0.25, -0.2) is 4.98 Å². The Morgan fingerprint density at radius 3 is 2.80 bits per heavy atom. The third-order valence-electron chi connectivity index (χ3n) is 7.22. The fourth-order valence-corrected chi connectivity index (χ4v) is 5.77. The third kappa shape index (κ3) is 2.51. The molecule has 1 aromatic heterocycles. The van der Waals surface area contributed by atoms with Crippen LogP contribution in [0.2, 0.25) is 0 Å². The number of piperidine rings is 1. The predicted octanol–water partition coefficient (Wildman–Crippen LogP) is 3.54. The number of fused-ring (bicyclic) bond motifs is 5. The van der Waals surface area contributed by atoms with Gasteiger partial charge in [-0.3, -0.25) is 4.79 Å². The monoisotopic (exact) mass is 360 g/mol. The fourth-order valence-electron chi connectivity index (χ4n) is 5.10. The lowest BCUT2D eigenvalue weighted by Crippen LogP contribution is -2.43. The van der Waals surface area contributed by atoms with Gasteiger partial charge < -0.3 is 4.90 Å². The molecule has 2 fully saturated rings. The summed E-state index contributed by atoms with van der Waals surface area (Å²) in [6, 6.07) is 0.358. The van der Waals surface area contributed by atoms with Crippen molar-refractivity contribution in [3.05, 3.63) is 11.4 Å². The molecule has 1 aliphatic heterocycles. The van der Waals surface area contributed by atoms with E-state index in [1.165, 1.54) is 31.0 Å². The van der Waals surface area contributed by atoms with Crippen LogP contribution in [-0.4, -0.2) is 44.3 Å². The Hall–Kier alpha value is -1.17. The number of likely N-dealkylation sites (tertiary alicyclic amines) is 1. The van der Waals surface area contributed by atoms with Crippen LogP contribution < -0.4 is 0 Å². The summed E-state index contributed by atoms with van der Waals surface area (Å²) in [7, 11) is 0. The molecule has 0 spiro atoms. The molecule has 0 aromatic carbocycles. The number of amides is 1. The average molecular weight is 361 g/mol. The molecule has 1 saturated carbocycles. The van der Waals surface area contributed by atoms with Crippen LogP contribution in [0.15, 0.2) is 5.16 Å². The fraction of sp³-hybridized carbons (Fsp3) is 0.789. The van der Waals surface area contributed by atoms with Crippen LogP contribution in [-0.2, 0) is 10.2 Å². The van der Waals surface area contributed by atoms with E-state index >= 15 is 0 Å². The molecule has 4 rings (SSSR count). The zero-order chi connectivity index (χ0) is 17.8. The molecule has 2 bridgehead atoms. The molecule has 136 valence electrons. The minimum atomic E-state index is 0.0869. The molecule has 6 heteroatoms. The number of hydrogen-bond acceptors (Lipinski definition) is 5. The molecule has 5 nitrogen and oxygen atoms in total. The maximum absolute atomic E-state index is 12.5. The lowest BCUT2D eigenvalue weighted by Gasteiger charge is -2.34. The van der Waals surface area contributed by atoms with E-state index in [1.807, 2.05) is 4.90 Å². The van der Waals surface area contributed by atoms with Crippen molar-refractivity contribution in [3.63, 3.8) is 0 Å². The van der Waals surface area contributed by atoms with Crippen molar-refractivity contribution >= 4 is 17.7 Å². The Labute approximate surface area is 154 Å². The topological polar surface area (TPSA) is 59.0 Å². The Balaban J connectivity index is 1.48. The van der Waals surface area contributed by atoms with Gasteiger partial charge in [-0.1, -0.05) is 32.5 Å². The normalized spacial score (nSPS) is 32.7. The summed E-state index contributed by atoms with van der Waals surface area (Å²) in [6.07, 6.45) is 5.81. The van der Waals surface area contributed by atoms with Gasteiger partial charge in [0.2, 0.25) is 11.1 Å². The Kier molecular flexibility index (Phi) is 4.09. The summed E-state index contributed by atoms with van der Waals surface area (Å²) < 4.78 is 0. The molecule has 0 radical (unpaired) electrons. The van der Waals surface area contributed by atoms with Crippen molar-refractivity contribution in [1.82, 2.24) is 20.1 Å². The first-order valence-corrected chi connectivity index (χ1v) is 10.5. The second kappa shape index (κ2) is 5.93. The van der Waals surface area contributed by atoms with Gasteiger partial charge in [-0.05, 0) is 44.4 Å². The summed E-state index contributed by atoms with van der Waals surface area (Å²) >= 11 is 1.44. The molecule has 1 amide bonds. The molecular weight excluding hydrogens is 332 g/mol. The second-order valence-electron chi connectivity index (χ2n) is 8.69. The van der Waals surface area contributed by atoms with Crippen molar-refractivity contribution in [2.24, 2.45) is 5.41 Å². The van der Waals surface area contributed by atoms with E-state index in [9.17, 15) is 4.79 Å². The predicted molar refractivity (Wildman–Crippen MR) is 98.7 cm³/mol. The smallest absolute Gasteiger partial charge is 0.233 e. The quantitative estimate of drug-likeness (QED) is 0.772. The van der Waals surface area contributed by atoms with Crippen LogP contribution in [0.25, 0.3) is 0 Å². The average Bonchev–Trinajstić information content (AvgIpc) is 2.92. The highest BCUT2D eigenvalue weighted by Gasteiger charge is 2.61. The van der Waals surface area contributed by atoms with Gasteiger partial charge in [-0.2, -0.15) is 5.10 Å². The van der Waals surface area contributed by atoms with Gasteiger partial charge in [0.1, 0.15) is 0 Å². The summed E-state index contributed by atoms with van der Waals surface area (Å²) in [5.74, 6) is 1.09. The van der Waals surface area contributed by atoms with E-state index in [4.69, 9.17) is 4.98 Å². The Bertz CT molecular complexity index is 707. The summed E-state index contributed by atoms with van der Waals surface area (Å²) in [4.78, 5) is 19.4. The van der Waals surface area contributed by atoms with Crippen molar-refractivity contribution in [2.75, 3.05) is 12.3 Å². The molecule has 3 aliphatic rings. The Morgan fingerprint density at radius 1 is 1.24 bits per heavy atom. The highest BCUT2D eigenvalue weighted by atomic mass is 32.2. The van der Waals surface area contributed by atoms with Crippen LogP contribution in [0.5, 0.6) is 0 Å². The SMILES string of the molecule is CC1CCCCN1C(=O)CSc1nnc2c(n1)C1(C)CCC2C1(C)C. The number of rotatable bonds is 3. The minimum absolute atomic E-state index is 0.0869. The van der Waals surface area contributed by atoms with Gasteiger partial charge in [0.25, 0.3) is 0 Å². The van der Waals surface area contributed by atoms with Crippen LogP contribution in [0, 0.1) is 5.41 Å². The van der Waals surface area contributed by atoms with Crippen molar-refractivity contribution in [2.45, 2.75) is 82.3 Å². The van der Waals surface area contributed by atoms with Crippen molar-refractivity contribution < 1.29 is 4.79 Å². The minimum Gasteiger partial charge on any atom is -0.339 e. The van der Waals surface area contributed by atoms with Crippen LogP contribution in [0.4, 0.5) is 0 Å². The number of carbonyl (C=O) groups is 1. The number of carbonyl (C=O) groups excluding carboxylic acids is 1. The van der Waals surface area contributed by atoms with E-state index in [0.717, 1.165) is 30.8 Å². The molecule has 25 heavy (non-hydrogen) atoms. The van der Waals surface area contributed by atoms with E-state index < -0.39 is 0 Å². The van der Waals surface area contributed by atoms with E-state index in [2.05, 4.69) is 37.9 Å². The third-order valence-corrected chi connectivity index (χ3v) is 8.04. The molecule has 1 saturated heterocycles. The lowest BCUT2D eigenvalue weighted by molar-refractivity contribution is -0.131. The van der Waals surface area contributed by atoms with Crippen LogP contribution in [0.1, 0.15) is 77.1 Å². The zero-order valence-electron chi connectivity index (χ0n) is 15.7. The maximum Gasteiger partial charge on any atom is 0.233 e. The molecule has 1 aromatic rings. The van der Waals surface area contributed by atoms with E-state index in [0.29, 0.717) is 22.9 Å². The molecular formula is C19H28N4OS. The standard InChI is InChI=1S/C19H28N4OS/c1-12-7-5-6-10-23(12)14(24)11-25-17-20-16-15(21-22-17)13-8-9-19(16,4)18(13,2)3/h12-13H,5-11H2,1-4H3. The molecule has 2 aliphatic carbocycles. The molecule has 3 atom stereocenters. The zero-order valence-corrected chi connectivity index (χ0v) is 16.5. The second-order valence-corrected chi connectivity index (χ2v) is 9.64. The van der Waals surface area contributed by atoms with Gasteiger partial charge in [0.15, 0.2) is 0 Å². The number of thioether (sulfide) groups is 1. The van der Waals surface area contributed by atoms with Gasteiger partial charge in [0.05, 0.1) is 17.1 Å². The summed E-state index contributed by atoms with van der Waals surface area (Å²) in [5, 5.41) is 9.52. The Morgan fingerprint density at radius 2 is 2.04 bits per heavy atom. The van der Waals surface area contributed by atoms with Crippen molar-refractivity contribution in [3.8, 4) is 0 Å². The lowest BCUT2D eigenvalue weighted by atomic mass is 9.70. The van der Waals surface area contributed by atoms with Crippen LogP contribution >= 0.6 is 11.8 Å². The van der Waals surface area contributed by atoms with Gasteiger partial charge in [-0.15, -0.1) is 5.10 Å². The first-order valence-electron chi connectivity index (χ1n) is 9.52. The number of hydrogen-bond donors (Lipinski definition) is 0. The molecule has 2 heterocycles. The molecule has 0 N–H and O–H groups in total. The maximum atomic E-state index is 12.5. The first kappa shape index (κ1) is 17.3. The highest BCUT2D eigenvalue weighted by Crippen LogP contribution is 2.66. The van der Waals surface area contributed by atoms with Crippen LogP contribution in [0.3, 0.4) is 0 Å². The number of nitrogens with zero attached hydrogens (tertiary/aromatic N) is 4. The summed E-state index contributed by atoms with van der Waals surface area (Å²) in [5.41, 5.74) is 2.51. The first-order chi connectivity index (χ1) is 11.8. The van der Waals surface area contributed by atoms with E-state index in [-0.39, 0.29) is 16.7 Å². The van der Waals surface area contributed by atoms with E-state index in [1.54, 1.807) is 0 Å². The van der Waals surface area contributed by atoms with Gasteiger partial charge in [0, 0.05) is 23.9 Å². The number of aromatic nitrogens is 3. The molecule has 3 unspecified atom stereocenters. The highest BCUT2D eigenvalue weighted by molar-refractivity contribution is 7.99. The van der Waals surface area contributed by atoms with Crippen molar-refractivity contribution in [1.29, 1.82) is 0 Å². The largest absolute Gasteiger partial charge is 0.339 e. The summed E-state index contributed by atoms with van der Waals surface area (Å²) in [6.45, 7) is 10.0. The van der Waals surface area contributed by atoms with Gasteiger partial charge >= 0.3 is 0 Å².